The molecular weight excluding hydrogens is 347 g/mol. The van der Waals surface area contributed by atoms with Gasteiger partial charge in [0.2, 0.25) is 5.91 Å². The zero-order chi connectivity index (χ0) is 18.5. The second kappa shape index (κ2) is 8.20. The van der Waals surface area contributed by atoms with E-state index < -0.39 is 6.61 Å². The summed E-state index contributed by atoms with van der Waals surface area (Å²) in [6.45, 7) is -2.17. The Hall–Kier alpha value is -2.58. The van der Waals surface area contributed by atoms with Crippen LogP contribution in [0.2, 0.25) is 0 Å². The maximum atomic E-state index is 13.1. The highest BCUT2D eigenvalue weighted by Crippen LogP contribution is 2.25. The zero-order valence-corrected chi connectivity index (χ0v) is 13.7. The lowest BCUT2D eigenvalue weighted by Crippen LogP contribution is -2.34. The van der Waals surface area contributed by atoms with Crippen LogP contribution >= 0.6 is 0 Å². The van der Waals surface area contributed by atoms with Gasteiger partial charge in [-0.15, -0.1) is 0 Å². The van der Waals surface area contributed by atoms with E-state index in [1.165, 1.54) is 24.3 Å². The summed E-state index contributed by atoms with van der Waals surface area (Å²) in [5.41, 5.74) is 7.55. The van der Waals surface area contributed by atoms with Gasteiger partial charge in [0, 0.05) is 13.1 Å². The number of ether oxygens (including phenoxy) is 1. The van der Waals surface area contributed by atoms with E-state index in [1.54, 1.807) is 24.3 Å². The van der Waals surface area contributed by atoms with Crippen LogP contribution in [-0.4, -0.2) is 19.1 Å². The van der Waals surface area contributed by atoms with E-state index in [9.17, 15) is 18.0 Å². The Balaban J connectivity index is 1.58. The molecule has 2 atom stereocenters. The molecule has 3 rings (SSSR count). The molecule has 1 aliphatic heterocycles. The van der Waals surface area contributed by atoms with Crippen LogP contribution in [0.4, 0.5) is 13.2 Å². The number of hydrazine groups is 1. The third-order valence-electron chi connectivity index (χ3n) is 4.16. The van der Waals surface area contributed by atoms with E-state index in [-0.39, 0.29) is 36.0 Å². The molecule has 2 aromatic carbocycles. The van der Waals surface area contributed by atoms with Crippen LogP contribution in [-0.2, 0) is 11.3 Å². The fraction of sp³-hybridized carbons (Fsp3) is 0.278. The molecule has 5 nitrogen and oxygen atoms in total. The van der Waals surface area contributed by atoms with Crippen LogP contribution in [0.5, 0.6) is 5.75 Å². The minimum absolute atomic E-state index is 0.0654. The Morgan fingerprint density at radius 2 is 1.85 bits per heavy atom. The van der Waals surface area contributed by atoms with Crippen LogP contribution in [0, 0.1) is 11.7 Å². The minimum atomic E-state index is -2.87. The smallest absolute Gasteiger partial charge is 0.387 e. The molecule has 8 heteroatoms. The van der Waals surface area contributed by atoms with E-state index >= 15 is 0 Å². The third-order valence-corrected chi connectivity index (χ3v) is 4.16. The van der Waals surface area contributed by atoms with E-state index in [0.29, 0.717) is 6.54 Å². The lowest BCUT2D eigenvalue weighted by Gasteiger charge is -2.18. The summed E-state index contributed by atoms with van der Waals surface area (Å²) < 4.78 is 41.6. The molecule has 0 saturated carbocycles. The van der Waals surface area contributed by atoms with Gasteiger partial charge in [-0.05, 0) is 35.4 Å². The number of hydrogen-bond donors (Lipinski definition) is 3. The van der Waals surface area contributed by atoms with Crippen molar-refractivity contribution in [3.05, 3.63) is 65.5 Å². The number of hydrogen-bond acceptors (Lipinski definition) is 4. The SMILES string of the molecule is O=C(NCc1ccc(OC(F)F)cc1)C1CNNC1c1ccc(F)cc1. The maximum Gasteiger partial charge on any atom is 0.387 e. The fourth-order valence-electron chi connectivity index (χ4n) is 2.84. The Morgan fingerprint density at radius 3 is 2.50 bits per heavy atom. The Kier molecular flexibility index (Phi) is 5.75. The first-order valence-electron chi connectivity index (χ1n) is 8.08. The number of amides is 1. The van der Waals surface area contributed by atoms with Crippen LogP contribution < -0.4 is 20.9 Å². The predicted octanol–water partition coefficient (Wildman–Crippen LogP) is 2.51. The summed E-state index contributed by atoms with van der Waals surface area (Å²) in [6, 6.07) is 11.8. The number of nitrogens with one attached hydrogen (secondary N) is 3. The van der Waals surface area contributed by atoms with Gasteiger partial charge in [-0.3, -0.25) is 10.2 Å². The van der Waals surface area contributed by atoms with Crippen LogP contribution in [0.3, 0.4) is 0 Å². The molecule has 1 fully saturated rings. The van der Waals surface area contributed by atoms with E-state index in [2.05, 4.69) is 20.9 Å². The van der Waals surface area contributed by atoms with Crippen molar-refractivity contribution in [1.82, 2.24) is 16.2 Å². The molecule has 1 saturated heterocycles. The molecule has 3 N–H and O–H groups in total. The minimum Gasteiger partial charge on any atom is -0.435 e. The molecule has 1 aliphatic rings. The van der Waals surface area contributed by atoms with Gasteiger partial charge < -0.3 is 10.1 Å². The average Bonchev–Trinajstić information content (AvgIpc) is 3.11. The van der Waals surface area contributed by atoms with Crippen molar-refractivity contribution in [2.24, 2.45) is 5.92 Å². The lowest BCUT2D eigenvalue weighted by molar-refractivity contribution is -0.125. The molecule has 0 spiro atoms. The number of halogens is 3. The summed E-state index contributed by atoms with van der Waals surface area (Å²) >= 11 is 0. The van der Waals surface area contributed by atoms with Crippen LogP contribution in [0.1, 0.15) is 17.2 Å². The third kappa shape index (κ3) is 4.53. The summed E-state index contributed by atoms with van der Waals surface area (Å²) in [7, 11) is 0. The normalized spacial score (nSPS) is 19.5. The first-order chi connectivity index (χ1) is 12.5. The van der Waals surface area contributed by atoms with Gasteiger partial charge in [-0.25, -0.2) is 9.82 Å². The van der Waals surface area contributed by atoms with Crippen molar-refractivity contribution in [2.75, 3.05) is 6.54 Å². The quantitative estimate of drug-likeness (QED) is 0.736. The first-order valence-corrected chi connectivity index (χ1v) is 8.08. The molecule has 0 radical (unpaired) electrons. The van der Waals surface area contributed by atoms with Gasteiger partial charge in [0.15, 0.2) is 0 Å². The van der Waals surface area contributed by atoms with Crippen LogP contribution in [0.25, 0.3) is 0 Å². The van der Waals surface area contributed by atoms with Crippen molar-refractivity contribution in [1.29, 1.82) is 0 Å². The molecule has 0 aromatic heterocycles. The summed E-state index contributed by atoms with van der Waals surface area (Å²) in [5, 5.41) is 2.83. The van der Waals surface area contributed by atoms with Crippen LogP contribution in [0.15, 0.2) is 48.5 Å². The van der Waals surface area contributed by atoms with E-state index in [1.807, 2.05) is 0 Å². The van der Waals surface area contributed by atoms with E-state index in [4.69, 9.17) is 0 Å². The lowest BCUT2D eigenvalue weighted by atomic mass is 9.94. The summed E-state index contributed by atoms with van der Waals surface area (Å²) in [5.74, 6) is -0.790. The number of rotatable bonds is 6. The topological polar surface area (TPSA) is 62.4 Å². The molecular formula is C18H18F3N3O2. The standard InChI is InChI=1S/C18H18F3N3O2/c19-13-5-3-12(4-6-13)16-15(10-23-24-16)17(25)22-9-11-1-7-14(8-2-11)26-18(20)21/h1-8,15-16,18,23-24H,9-10H2,(H,22,25). The van der Waals surface area contributed by atoms with Crippen molar-refractivity contribution in [3.8, 4) is 5.75 Å². The highest BCUT2D eigenvalue weighted by atomic mass is 19.3. The monoisotopic (exact) mass is 365 g/mol. The van der Waals surface area contributed by atoms with Gasteiger partial charge >= 0.3 is 6.61 Å². The highest BCUT2D eigenvalue weighted by Gasteiger charge is 2.33. The molecule has 2 aromatic rings. The molecule has 1 amide bonds. The summed E-state index contributed by atoms with van der Waals surface area (Å²) in [4.78, 5) is 12.5. The first kappa shape index (κ1) is 18.2. The molecule has 0 aliphatic carbocycles. The number of alkyl halides is 2. The van der Waals surface area contributed by atoms with Crippen molar-refractivity contribution in [3.63, 3.8) is 0 Å². The second-order valence-corrected chi connectivity index (χ2v) is 5.90. The Labute approximate surface area is 148 Å². The fourth-order valence-corrected chi connectivity index (χ4v) is 2.84. The van der Waals surface area contributed by atoms with Gasteiger partial charge in [0.05, 0.1) is 12.0 Å². The molecule has 0 bridgehead atoms. The van der Waals surface area contributed by atoms with Crippen molar-refractivity contribution in [2.45, 2.75) is 19.2 Å². The Morgan fingerprint density at radius 1 is 1.15 bits per heavy atom. The molecule has 1 heterocycles. The largest absolute Gasteiger partial charge is 0.435 e. The van der Waals surface area contributed by atoms with Gasteiger partial charge in [0.25, 0.3) is 0 Å². The Bertz CT molecular complexity index is 738. The molecule has 2 unspecified atom stereocenters. The van der Waals surface area contributed by atoms with Crippen molar-refractivity contribution < 1.29 is 22.7 Å². The van der Waals surface area contributed by atoms with Gasteiger partial charge in [-0.1, -0.05) is 24.3 Å². The molecule has 138 valence electrons. The molecule has 26 heavy (non-hydrogen) atoms. The van der Waals surface area contributed by atoms with E-state index in [0.717, 1.165) is 11.1 Å². The number of carbonyl (C=O) groups is 1. The maximum absolute atomic E-state index is 13.1. The van der Waals surface area contributed by atoms with Crippen molar-refractivity contribution >= 4 is 5.91 Å². The van der Waals surface area contributed by atoms with Gasteiger partial charge in [0.1, 0.15) is 11.6 Å². The zero-order valence-electron chi connectivity index (χ0n) is 13.7. The second-order valence-electron chi connectivity index (χ2n) is 5.90. The predicted molar refractivity (Wildman–Crippen MR) is 88.7 cm³/mol. The van der Waals surface area contributed by atoms with Gasteiger partial charge in [-0.2, -0.15) is 8.78 Å². The highest BCUT2D eigenvalue weighted by molar-refractivity contribution is 5.80. The summed E-state index contributed by atoms with van der Waals surface area (Å²) in [6.07, 6.45) is 0. The number of benzene rings is 2. The number of carbonyl (C=O) groups excluding carboxylic acids is 1. The average molecular weight is 365 g/mol.